The van der Waals surface area contributed by atoms with Crippen molar-refractivity contribution in [3.63, 3.8) is 0 Å². The van der Waals surface area contributed by atoms with E-state index >= 15 is 0 Å². The van der Waals surface area contributed by atoms with E-state index in [9.17, 15) is 51.5 Å². The number of benzene rings is 10. The van der Waals surface area contributed by atoms with E-state index in [1.54, 1.807) is 209 Å². The summed E-state index contributed by atoms with van der Waals surface area (Å²) >= 11 is 41.6. The van der Waals surface area contributed by atoms with E-state index in [1.165, 1.54) is 59.5 Å². The lowest BCUT2D eigenvalue weighted by Gasteiger charge is -2.20. The predicted molar refractivity (Wildman–Crippen MR) is 456 cm³/mol. The first-order valence-electron chi connectivity index (χ1n) is 35.8. The number of rotatable bonds is 21. The molecule has 4 unspecified atom stereocenters. The summed E-state index contributed by atoms with van der Waals surface area (Å²) in [7, 11) is 3.29. The molecule has 0 saturated heterocycles. The lowest BCUT2D eigenvalue weighted by atomic mass is 10.0. The van der Waals surface area contributed by atoms with Crippen LogP contribution in [0.15, 0.2) is 291 Å². The van der Waals surface area contributed by atoms with Crippen molar-refractivity contribution in [1.82, 2.24) is 46.8 Å². The summed E-state index contributed by atoms with van der Waals surface area (Å²) in [5.41, 5.74) is 5.62. The highest BCUT2D eigenvalue weighted by molar-refractivity contribution is 6.43. The molecule has 0 aliphatic rings. The highest BCUT2D eigenvalue weighted by atomic mass is 35.5. The molecule has 606 valence electrons. The molecule has 0 spiro atoms. The van der Waals surface area contributed by atoms with Gasteiger partial charge in [0.25, 0.3) is 41.4 Å². The number of carbonyl (C=O) groups is 8. The summed E-state index contributed by atoms with van der Waals surface area (Å²) in [5.74, 6) is -3.83. The number of nitrogens with one attached hydrogen (secondary N) is 8. The van der Waals surface area contributed by atoms with Crippen molar-refractivity contribution in [2.24, 2.45) is 0 Å². The number of carbonyl (C=O) groups excluding carboxylic acids is 8. The summed E-state index contributed by atoms with van der Waals surface area (Å²) in [6, 6.07) is 72.5. The third-order valence-corrected chi connectivity index (χ3v) is 19.3. The summed E-state index contributed by atoms with van der Waals surface area (Å²) in [6.07, 6.45) is -2.19. The Bertz CT molecular complexity index is 5580. The largest absolute Gasteiger partial charge is 0.462 e. The fourth-order valence-electron chi connectivity index (χ4n) is 11.1. The van der Waals surface area contributed by atoms with Gasteiger partial charge in [0, 0.05) is 75.5 Å². The van der Waals surface area contributed by atoms with Crippen molar-refractivity contribution in [3.8, 4) is 0 Å². The van der Waals surface area contributed by atoms with Crippen LogP contribution in [0, 0.1) is 10.8 Å². The molecule has 119 heavy (non-hydrogen) atoms. The number of hydrogen-bond donors (Lipinski definition) is 8. The first-order chi connectivity index (χ1) is 56.9. The predicted octanol–water partition coefficient (Wildman–Crippen LogP) is 19.3. The number of hydrogen-bond acceptors (Lipinski definition) is 13. The van der Waals surface area contributed by atoms with Gasteiger partial charge in [-0.15, -0.1) is 0 Å². The lowest BCUT2D eigenvalue weighted by Crippen LogP contribution is -2.42. The van der Waals surface area contributed by atoms with Crippen LogP contribution < -0.4 is 31.9 Å². The number of nitrogens with zero attached hydrogens (tertiary/aromatic N) is 3. The number of halogens is 10. The Morgan fingerprint density at radius 3 is 1.09 bits per heavy atom. The molecule has 0 fully saturated rings. The first kappa shape index (κ1) is 90.3. The molecule has 0 aliphatic heterocycles. The van der Waals surface area contributed by atoms with E-state index in [0.717, 1.165) is 17.8 Å². The molecule has 0 bridgehead atoms. The van der Waals surface area contributed by atoms with Crippen LogP contribution >= 0.6 is 81.2 Å². The van der Waals surface area contributed by atoms with Crippen LogP contribution in [0.5, 0.6) is 0 Å². The van der Waals surface area contributed by atoms with Gasteiger partial charge in [-0.3, -0.25) is 54.3 Å². The smallest absolute Gasteiger partial charge is 0.417 e. The molecule has 12 aromatic rings. The zero-order chi connectivity index (χ0) is 85.9. The van der Waals surface area contributed by atoms with Crippen LogP contribution in [0.3, 0.4) is 0 Å². The third kappa shape index (κ3) is 26.5. The number of amides is 7. The van der Waals surface area contributed by atoms with Gasteiger partial charge >= 0.3 is 12.1 Å². The van der Waals surface area contributed by atoms with Gasteiger partial charge in [-0.05, 0) is 151 Å². The maximum atomic E-state index is 13.1. The van der Waals surface area contributed by atoms with E-state index in [-0.39, 0.29) is 57.5 Å². The fraction of sp³-hybridized carbons (Fsp3) is 0.101. The van der Waals surface area contributed by atoms with Crippen LogP contribution in [0.1, 0.15) is 144 Å². The maximum Gasteiger partial charge on any atom is 0.417 e. The minimum absolute atomic E-state index is 0.0954. The zero-order valence-electron chi connectivity index (χ0n) is 63.0. The summed E-state index contributed by atoms with van der Waals surface area (Å²) in [4.78, 5) is 111. The zero-order valence-corrected chi connectivity index (χ0v) is 68.3. The summed E-state index contributed by atoms with van der Waals surface area (Å²) < 4.78 is 43.4. The van der Waals surface area contributed by atoms with Gasteiger partial charge in [0.15, 0.2) is 0 Å². The Morgan fingerprint density at radius 2 is 0.739 bits per heavy atom. The van der Waals surface area contributed by atoms with Crippen molar-refractivity contribution in [2.75, 3.05) is 20.7 Å². The lowest BCUT2D eigenvalue weighted by molar-refractivity contribution is -0.137. The number of alkyl halides is 3. The Morgan fingerprint density at radius 1 is 0.378 bits per heavy atom. The number of pyridine rings is 2. The molecule has 12 rings (SSSR count). The number of esters is 1. The molecular formula is C89H71Cl7F3N11O9. The van der Waals surface area contributed by atoms with Crippen molar-refractivity contribution in [1.29, 1.82) is 10.8 Å². The molecule has 0 aliphatic carbocycles. The van der Waals surface area contributed by atoms with Crippen molar-refractivity contribution >= 4 is 140 Å². The molecule has 2 heterocycles. The van der Waals surface area contributed by atoms with E-state index in [4.69, 9.17) is 96.8 Å². The van der Waals surface area contributed by atoms with Gasteiger partial charge in [-0.2, -0.15) is 13.2 Å². The van der Waals surface area contributed by atoms with Gasteiger partial charge in [0.05, 0.1) is 66.3 Å². The van der Waals surface area contributed by atoms with Crippen LogP contribution in [0.25, 0.3) is 0 Å². The monoisotopic (exact) mass is 1740 g/mol. The molecule has 10 aromatic carbocycles. The van der Waals surface area contributed by atoms with Crippen molar-refractivity contribution < 1.29 is 56.3 Å². The Hall–Kier alpha value is -12.6. The second-order valence-corrected chi connectivity index (χ2v) is 28.7. The van der Waals surface area contributed by atoms with Gasteiger partial charge < -0.3 is 41.5 Å². The number of ether oxygens (including phenoxy) is 1. The molecule has 0 saturated carbocycles. The van der Waals surface area contributed by atoms with Gasteiger partial charge in [0.2, 0.25) is 0 Å². The molecule has 4 atom stereocenters. The topological polar surface area (TPSA) is 295 Å². The van der Waals surface area contributed by atoms with Crippen LogP contribution in [0.2, 0.25) is 35.2 Å². The van der Waals surface area contributed by atoms with Gasteiger partial charge in [0.1, 0.15) is 23.8 Å². The Kier molecular flexibility index (Phi) is 33.1. The van der Waals surface area contributed by atoms with Crippen molar-refractivity contribution in [3.05, 3.63) is 410 Å². The molecule has 7 amide bonds. The maximum absolute atomic E-state index is 13.1. The van der Waals surface area contributed by atoms with E-state index in [0.29, 0.717) is 80.3 Å². The standard InChI is InChI=1S/C25H23ClN4O3.C25H22ClN3O4.C20H13Cl2F3N2O.C19H13Cl3N2O/c1-30(2)25(33)18-13-11-16(12-14-18)21(28-23(31)19-9-6-10-20(26)15-19)24(32)29-22(27)17-7-4-3-5-8-17;1-2-33-25(32)18-13-11-16(12-14-18)21(28-23(30)19-9-6-10-20(26)15-19)24(31)29-22(27)17-7-4-3-5-8-17;21-15-8-6-13(10-16(15)22)19(28)27-18(12-4-2-1-3-5-12)17-9-7-14(11-26-17)20(23,24)25;20-14-7-9-17(23-11-14)18(12-4-2-1-3-5-12)24-19(25)13-6-8-15(21)16(22)10-13/h3-15,21H,1-2H3,(H,28,31)(H2,27,29,32);3-15,21H,2H2,1H3,(H,28,30)(H2,27,29,31);1-11,18H,(H,27,28);1-11,18H,(H,24,25). The highest BCUT2D eigenvalue weighted by Gasteiger charge is 2.33. The van der Waals surface area contributed by atoms with E-state index < -0.39 is 71.4 Å². The van der Waals surface area contributed by atoms with E-state index in [2.05, 4.69) is 41.9 Å². The summed E-state index contributed by atoms with van der Waals surface area (Å²) in [5, 5.41) is 35.2. The SMILES string of the molecule is CCOC(=O)c1ccc(C(NC(=O)c2cccc(Cl)c2)C(=O)NC(=N)c2ccccc2)cc1.CN(C)C(=O)c1ccc(C(NC(=O)c2cccc(Cl)c2)C(=O)NC(=N)c2ccccc2)cc1.O=C(NC(c1ccccc1)c1ccc(C(F)(F)F)cn1)c1ccc(Cl)c(Cl)c1.O=C(NC(c1ccccc1)c1ccc(Cl)cn1)c1ccc(Cl)c(Cl)c1. The van der Waals surface area contributed by atoms with Crippen LogP contribution in [-0.4, -0.2) is 94.6 Å². The normalized spacial score (nSPS) is 11.6. The fourth-order valence-corrected chi connectivity index (χ4v) is 12.2. The number of amidine groups is 2. The average molecular weight is 1740 g/mol. The van der Waals surface area contributed by atoms with Gasteiger partial charge in [-0.1, -0.05) is 239 Å². The molecule has 2 aromatic heterocycles. The van der Waals surface area contributed by atoms with Gasteiger partial charge in [-0.25, -0.2) is 4.79 Å². The molecule has 30 heteroatoms. The quantitative estimate of drug-likeness (QED) is 0.0190. The second-order valence-electron chi connectivity index (χ2n) is 25.7. The third-order valence-electron chi connectivity index (χ3n) is 17.2. The Balaban J connectivity index is 0.000000182. The van der Waals surface area contributed by atoms with E-state index in [1.807, 2.05) is 36.4 Å². The van der Waals surface area contributed by atoms with Crippen LogP contribution in [-0.2, 0) is 20.5 Å². The summed E-state index contributed by atoms with van der Waals surface area (Å²) in [6.45, 7) is 1.95. The Labute approximate surface area is 717 Å². The first-order valence-corrected chi connectivity index (χ1v) is 38.5. The molecule has 20 nitrogen and oxygen atoms in total. The minimum Gasteiger partial charge on any atom is -0.462 e. The highest BCUT2D eigenvalue weighted by Crippen LogP contribution is 2.32. The molecule has 8 N–H and O–H groups in total. The number of aromatic nitrogens is 2. The minimum atomic E-state index is -4.49. The molecular weight excluding hydrogens is 1670 g/mol. The second kappa shape index (κ2) is 43.6. The average Bonchev–Trinajstić information content (AvgIpc) is 0.825. The van der Waals surface area contributed by atoms with Crippen LogP contribution in [0.4, 0.5) is 13.2 Å². The molecule has 0 radical (unpaired) electrons. The van der Waals surface area contributed by atoms with Crippen molar-refractivity contribution in [2.45, 2.75) is 37.3 Å².